The Morgan fingerprint density at radius 2 is 1.37 bits per heavy atom. The first-order valence-electron chi connectivity index (χ1n) is 8.06. The Hall–Kier alpha value is -0.850. The average Bonchev–Trinajstić information content (AvgIpc) is 2.39. The largest absolute Gasteiger partial charge is 0.300 e. The summed E-state index contributed by atoms with van der Waals surface area (Å²) in [6.07, 6.45) is 22.2. The molecular weight excluding hydrogens is 232 g/mol. The van der Waals surface area contributed by atoms with Crippen LogP contribution in [0.4, 0.5) is 0 Å². The van der Waals surface area contributed by atoms with Crippen LogP contribution in [-0.2, 0) is 4.79 Å². The molecule has 0 N–H and O–H groups in total. The van der Waals surface area contributed by atoms with Crippen molar-refractivity contribution < 1.29 is 4.79 Å². The first-order valence-corrected chi connectivity index (χ1v) is 8.06. The molecule has 110 valence electrons. The summed E-state index contributed by atoms with van der Waals surface area (Å²) >= 11 is 0. The predicted octanol–water partition coefficient (Wildman–Crippen LogP) is 6.00. The quantitative estimate of drug-likeness (QED) is 0.294. The molecule has 0 aliphatic carbocycles. The van der Waals surface area contributed by atoms with Crippen molar-refractivity contribution in [1.29, 1.82) is 0 Å². The van der Waals surface area contributed by atoms with Crippen molar-refractivity contribution in [3.8, 4) is 0 Å². The van der Waals surface area contributed by atoms with Gasteiger partial charge >= 0.3 is 0 Å². The number of rotatable bonds is 13. The van der Waals surface area contributed by atoms with Crippen molar-refractivity contribution in [2.75, 3.05) is 0 Å². The molecule has 19 heavy (non-hydrogen) atoms. The van der Waals surface area contributed by atoms with Crippen molar-refractivity contribution in [3.05, 3.63) is 24.3 Å². The van der Waals surface area contributed by atoms with E-state index in [1.807, 2.05) is 0 Å². The van der Waals surface area contributed by atoms with Crippen molar-refractivity contribution in [2.24, 2.45) is 0 Å². The summed E-state index contributed by atoms with van der Waals surface area (Å²) in [7, 11) is 0. The first-order chi connectivity index (χ1) is 9.27. The molecule has 0 heterocycles. The van der Waals surface area contributed by atoms with Crippen LogP contribution in [0.25, 0.3) is 0 Å². The van der Waals surface area contributed by atoms with E-state index in [-0.39, 0.29) is 0 Å². The number of allylic oxidation sites excluding steroid dienone is 4. The summed E-state index contributed by atoms with van der Waals surface area (Å²) in [6.45, 7) is 3.92. The Kier molecular flexibility index (Phi) is 14.5. The van der Waals surface area contributed by atoms with Crippen LogP contribution in [0.1, 0.15) is 84.5 Å². The topological polar surface area (TPSA) is 17.1 Å². The third-order valence-corrected chi connectivity index (χ3v) is 3.23. The number of unbranched alkanes of at least 4 members (excludes halogenated alkanes) is 7. The van der Waals surface area contributed by atoms with Gasteiger partial charge in [0.25, 0.3) is 0 Å². The van der Waals surface area contributed by atoms with E-state index in [1.54, 1.807) is 6.92 Å². The minimum atomic E-state index is 0.325. The fourth-order valence-electron chi connectivity index (χ4n) is 2.01. The van der Waals surface area contributed by atoms with Crippen molar-refractivity contribution in [1.82, 2.24) is 0 Å². The molecule has 0 spiro atoms. The third-order valence-electron chi connectivity index (χ3n) is 3.23. The van der Waals surface area contributed by atoms with E-state index in [9.17, 15) is 4.79 Å². The van der Waals surface area contributed by atoms with E-state index < -0.39 is 0 Å². The average molecular weight is 264 g/mol. The zero-order valence-corrected chi connectivity index (χ0v) is 13.0. The van der Waals surface area contributed by atoms with Crippen LogP contribution >= 0.6 is 0 Å². The lowest BCUT2D eigenvalue weighted by atomic mass is 10.1. The van der Waals surface area contributed by atoms with Gasteiger partial charge in [0.2, 0.25) is 0 Å². The second kappa shape index (κ2) is 15.2. The predicted molar refractivity (Wildman–Crippen MR) is 85.4 cm³/mol. The standard InChI is InChI=1S/C18H32O/c1-3-4-5-6-7-8-9-10-11-12-13-14-15-16-17-18(2)19/h7-8,10-11H,3-6,9,12-17H2,1-2H3. The van der Waals surface area contributed by atoms with Gasteiger partial charge in [-0.3, -0.25) is 0 Å². The highest BCUT2D eigenvalue weighted by Crippen LogP contribution is 2.06. The SMILES string of the molecule is CCCCCC=CCC=CCCCCCCC(C)=O. The molecule has 0 aliphatic rings. The summed E-state index contributed by atoms with van der Waals surface area (Å²) in [5.74, 6) is 0.325. The Morgan fingerprint density at radius 1 is 0.789 bits per heavy atom. The van der Waals surface area contributed by atoms with Crippen molar-refractivity contribution in [2.45, 2.75) is 84.5 Å². The highest BCUT2D eigenvalue weighted by atomic mass is 16.1. The van der Waals surface area contributed by atoms with Gasteiger partial charge in [0.05, 0.1) is 0 Å². The van der Waals surface area contributed by atoms with Crippen LogP contribution < -0.4 is 0 Å². The maximum atomic E-state index is 10.7. The van der Waals surface area contributed by atoms with Crippen molar-refractivity contribution >= 4 is 5.78 Å². The van der Waals surface area contributed by atoms with Gasteiger partial charge in [-0.2, -0.15) is 0 Å². The van der Waals surface area contributed by atoms with Crippen LogP contribution in [0.5, 0.6) is 0 Å². The molecule has 1 heteroatoms. The monoisotopic (exact) mass is 264 g/mol. The van der Waals surface area contributed by atoms with Crippen LogP contribution in [0.3, 0.4) is 0 Å². The lowest BCUT2D eigenvalue weighted by molar-refractivity contribution is -0.117. The summed E-state index contributed by atoms with van der Waals surface area (Å²) in [4.78, 5) is 10.7. The number of carbonyl (C=O) groups excluding carboxylic acids is 1. The van der Waals surface area contributed by atoms with Crippen LogP contribution in [0, 0.1) is 0 Å². The van der Waals surface area contributed by atoms with Gasteiger partial charge in [-0.25, -0.2) is 0 Å². The molecule has 0 bridgehead atoms. The lowest BCUT2D eigenvalue weighted by Crippen LogP contribution is -1.88. The third kappa shape index (κ3) is 17.1. The van der Waals surface area contributed by atoms with Gasteiger partial charge in [0.15, 0.2) is 0 Å². The molecule has 0 saturated carbocycles. The molecule has 0 saturated heterocycles. The molecule has 0 aromatic rings. The fourth-order valence-corrected chi connectivity index (χ4v) is 2.01. The summed E-state index contributed by atoms with van der Waals surface area (Å²) < 4.78 is 0. The van der Waals surface area contributed by atoms with Crippen molar-refractivity contribution in [3.63, 3.8) is 0 Å². The molecule has 0 fully saturated rings. The maximum absolute atomic E-state index is 10.7. The van der Waals surface area contributed by atoms with Gasteiger partial charge in [-0.1, -0.05) is 56.9 Å². The molecule has 0 rings (SSSR count). The molecule has 0 radical (unpaired) electrons. The Morgan fingerprint density at radius 3 is 1.95 bits per heavy atom. The van der Waals surface area contributed by atoms with E-state index in [2.05, 4.69) is 31.2 Å². The molecule has 0 atom stereocenters. The van der Waals surface area contributed by atoms with Gasteiger partial charge in [-0.15, -0.1) is 0 Å². The smallest absolute Gasteiger partial charge is 0.129 e. The second-order valence-corrected chi connectivity index (χ2v) is 5.33. The summed E-state index contributed by atoms with van der Waals surface area (Å²) in [5, 5.41) is 0. The summed E-state index contributed by atoms with van der Waals surface area (Å²) in [6, 6.07) is 0. The van der Waals surface area contributed by atoms with Gasteiger partial charge < -0.3 is 4.79 Å². The number of Topliss-reactive ketones (excluding diaryl/α,β-unsaturated/α-hetero) is 1. The van der Waals surface area contributed by atoms with E-state index in [0.717, 1.165) is 19.3 Å². The van der Waals surface area contributed by atoms with E-state index in [1.165, 1.54) is 51.4 Å². The van der Waals surface area contributed by atoms with Gasteiger partial charge in [0, 0.05) is 6.42 Å². The lowest BCUT2D eigenvalue weighted by Gasteiger charge is -1.97. The van der Waals surface area contributed by atoms with E-state index in [4.69, 9.17) is 0 Å². The summed E-state index contributed by atoms with van der Waals surface area (Å²) in [5.41, 5.74) is 0. The molecule has 0 aromatic heterocycles. The Balaban J connectivity index is 3.19. The minimum Gasteiger partial charge on any atom is -0.300 e. The number of hydrogen-bond acceptors (Lipinski definition) is 1. The zero-order chi connectivity index (χ0) is 14.2. The maximum Gasteiger partial charge on any atom is 0.129 e. The van der Waals surface area contributed by atoms with E-state index in [0.29, 0.717) is 5.78 Å². The number of hydrogen-bond donors (Lipinski definition) is 0. The zero-order valence-electron chi connectivity index (χ0n) is 13.0. The van der Waals surface area contributed by atoms with Crippen LogP contribution in [0.2, 0.25) is 0 Å². The number of carbonyl (C=O) groups is 1. The van der Waals surface area contributed by atoms with Crippen LogP contribution in [0.15, 0.2) is 24.3 Å². The normalized spacial score (nSPS) is 11.7. The highest BCUT2D eigenvalue weighted by Gasteiger charge is 1.92. The molecule has 0 aromatic carbocycles. The first kappa shape index (κ1) is 18.1. The molecule has 0 unspecified atom stereocenters. The number of ketones is 1. The van der Waals surface area contributed by atoms with E-state index >= 15 is 0 Å². The highest BCUT2D eigenvalue weighted by molar-refractivity contribution is 5.75. The Labute approximate surface area is 120 Å². The van der Waals surface area contributed by atoms with Gasteiger partial charge in [-0.05, 0) is 45.4 Å². The minimum absolute atomic E-state index is 0.325. The molecule has 1 nitrogen and oxygen atoms in total. The molecule has 0 amide bonds. The fraction of sp³-hybridized carbons (Fsp3) is 0.722. The van der Waals surface area contributed by atoms with Gasteiger partial charge in [0.1, 0.15) is 5.78 Å². The Bertz CT molecular complexity index is 250. The second-order valence-electron chi connectivity index (χ2n) is 5.33. The molecular formula is C18H32O. The molecule has 0 aliphatic heterocycles. The van der Waals surface area contributed by atoms with Crippen LogP contribution in [-0.4, -0.2) is 5.78 Å².